The highest BCUT2D eigenvalue weighted by atomic mass is 35.5. The number of hydrogen-bond donors (Lipinski definition) is 2. The zero-order chi connectivity index (χ0) is 18.1. The second-order valence-electron chi connectivity index (χ2n) is 7.58. The summed E-state index contributed by atoms with van der Waals surface area (Å²) in [5.41, 5.74) is 7.37. The summed E-state index contributed by atoms with van der Waals surface area (Å²) in [6.07, 6.45) is 5.24. The Kier molecular flexibility index (Phi) is 6.94. The Balaban J connectivity index is 0.00000243. The van der Waals surface area contributed by atoms with Gasteiger partial charge in [-0.25, -0.2) is 0 Å². The van der Waals surface area contributed by atoms with Crippen molar-refractivity contribution in [3.05, 3.63) is 28.8 Å². The van der Waals surface area contributed by atoms with E-state index in [1.165, 1.54) is 11.3 Å². The van der Waals surface area contributed by atoms with Crippen LogP contribution in [0.1, 0.15) is 42.5 Å². The van der Waals surface area contributed by atoms with Crippen LogP contribution in [0, 0.1) is 17.8 Å². The maximum Gasteiger partial charge on any atom is 0.254 e. The van der Waals surface area contributed by atoms with Crippen LogP contribution in [0.4, 0.5) is 5.69 Å². The largest absolute Gasteiger partial charge is 0.345 e. The maximum absolute atomic E-state index is 12.7. The molecule has 1 aromatic carbocycles. The molecule has 3 N–H and O–H groups in total. The minimum atomic E-state index is -0.156. The van der Waals surface area contributed by atoms with E-state index in [9.17, 15) is 9.59 Å². The fourth-order valence-electron chi connectivity index (χ4n) is 4.25. The Morgan fingerprint density at radius 3 is 2.35 bits per heavy atom. The number of rotatable bonds is 3. The minimum Gasteiger partial charge on any atom is -0.345 e. The molecule has 2 atom stereocenters. The van der Waals surface area contributed by atoms with Crippen LogP contribution in [-0.2, 0) is 4.79 Å². The standard InChI is InChI=1S/C19H26ClN3O2.ClH/c1-23(2)19(25)15-7-6-14(10-16(15)20)22-18(24)13-8-11-4-3-5-12(9-13)17(11)21;/h6-7,10-13,17H,3-5,8-9,21H2,1-2H3,(H,22,24);1H. The van der Waals surface area contributed by atoms with E-state index >= 15 is 0 Å². The lowest BCUT2D eigenvalue weighted by molar-refractivity contribution is -0.122. The number of nitrogens with two attached hydrogens (primary N) is 1. The van der Waals surface area contributed by atoms with Gasteiger partial charge in [-0.15, -0.1) is 12.4 Å². The summed E-state index contributed by atoms with van der Waals surface area (Å²) < 4.78 is 0. The quantitative estimate of drug-likeness (QED) is 0.815. The van der Waals surface area contributed by atoms with E-state index in [2.05, 4.69) is 5.32 Å². The number of benzene rings is 1. The molecule has 7 heteroatoms. The summed E-state index contributed by atoms with van der Waals surface area (Å²) >= 11 is 6.22. The SMILES string of the molecule is CN(C)C(=O)c1ccc(NC(=O)C2CC3CCCC(C2)C3N)cc1Cl.Cl. The van der Waals surface area contributed by atoms with Crippen LogP contribution in [-0.4, -0.2) is 36.9 Å². The molecule has 144 valence electrons. The van der Waals surface area contributed by atoms with Crippen molar-refractivity contribution in [1.29, 1.82) is 0 Å². The van der Waals surface area contributed by atoms with Gasteiger partial charge in [0.1, 0.15) is 0 Å². The van der Waals surface area contributed by atoms with E-state index in [0.29, 0.717) is 28.1 Å². The Bertz CT molecular complexity index is 667. The number of amides is 2. The monoisotopic (exact) mass is 399 g/mol. The van der Waals surface area contributed by atoms with E-state index in [1.807, 2.05) is 0 Å². The highest BCUT2D eigenvalue weighted by Crippen LogP contribution is 2.42. The molecule has 1 aromatic rings. The molecule has 2 aliphatic carbocycles. The van der Waals surface area contributed by atoms with Crippen molar-refractivity contribution >= 4 is 41.5 Å². The third-order valence-electron chi connectivity index (χ3n) is 5.66. The first-order valence-electron chi connectivity index (χ1n) is 8.94. The maximum atomic E-state index is 12.7. The Labute approximate surface area is 166 Å². The molecule has 2 saturated carbocycles. The summed E-state index contributed by atoms with van der Waals surface area (Å²) in [5, 5.41) is 3.31. The van der Waals surface area contributed by atoms with E-state index in [4.69, 9.17) is 17.3 Å². The number of hydrogen-bond acceptors (Lipinski definition) is 3. The Hall–Kier alpha value is -1.30. The molecule has 0 heterocycles. The van der Waals surface area contributed by atoms with Crippen molar-refractivity contribution < 1.29 is 9.59 Å². The van der Waals surface area contributed by atoms with Crippen molar-refractivity contribution in [3.8, 4) is 0 Å². The molecule has 2 unspecified atom stereocenters. The zero-order valence-electron chi connectivity index (χ0n) is 15.2. The molecule has 2 amide bonds. The van der Waals surface area contributed by atoms with Crippen molar-refractivity contribution in [2.45, 2.75) is 38.1 Å². The lowest BCUT2D eigenvalue weighted by atomic mass is 9.65. The summed E-state index contributed by atoms with van der Waals surface area (Å²) in [6.45, 7) is 0. The predicted molar refractivity (Wildman–Crippen MR) is 107 cm³/mol. The number of anilines is 1. The average molecular weight is 400 g/mol. The molecule has 26 heavy (non-hydrogen) atoms. The first kappa shape index (κ1) is 21.0. The third kappa shape index (κ3) is 4.33. The van der Waals surface area contributed by atoms with Crippen LogP contribution >= 0.6 is 24.0 Å². The summed E-state index contributed by atoms with van der Waals surface area (Å²) in [7, 11) is 3.36. The first-order valence-corrected chi connectivity index (χ1v) is 9.32. The molecular weight excluding hydrogens is 373 g/mol. The number of fused-ring (bicyclic) bond motifs is 2. The molecule has 2 aliphatic rings. The summed E-state index contributed by atoms with van der Waals surface area (Å²) in [5.74, 6) is 0.819. The highest BCUT2D eigenvalue weighted by Gasteiger charge is 2.40. The summed E-state index contributed by atoms with van der Waals surface area (Å²) in [4.78, 5) is 26.2. The van der Waals surface area contributed by atoms with Gasteiger partial charge >= 0.3 is 0 Å². The molecule has 0 radical (unpaired) electrons. The van der Waals surface area contributed by atoms with Crippen LogP contribution in [0.15, 0.2) is 18.2 Å². The topological polar surface area (TPSA) is 75.4 Å². The van der Waals surface area contributed by atoms with Crippen molar-refractivity contribution in [2.24, 2.45) is 23.5 Å². The van der Waals surface area contributed by atoms with Gasteiger partial charge < -0.3 is 16.0 Å². The van der Waals surface area contributed by atoms with E-state index in [-0.39, 0.29) is 36.2 Å². The number of nitrogens with one attached hydrogen (secondary N) is 1. The predicted octanol–water partition coefficient (Wildman–Crippen LogP) is 3.56. The van der Waals surface area contributed by atoms with Gasteiger partial charge in [0.2, 0.25) is 5.91 Å². The smallest absolute Gasteiger partial charge is 0.254 e. The van der Waals surface area contributed by atoms with Crippen LogP contribution in [0.3, 0.4) is 0 Å². The lowest BCUT2D eigenvalue weighted by Gasteiger charge is -2.43. The molecule has 0 aromatic heterocycles. The molecule has 0 saturated heterocycles. The average Bonchev–Trinajstić information content (AvgIpc) is 2.54. The molecule has 0 spiro atoms. The van der Waals surface area contributed by atoms with Crippen LogP contribution in [0.25, 0.3) is 0 Å². The van der Waals surface area contributed by atoms with Crippen molar-refractivity contribution in [1.82, 2.24) is 4.90 Å². The number of carbonyl (C=O) groups is 2. The molecular formula is C19H27Cl2N3O2. The number of halogens is 2. The zero-order valence-corrected chi connectivity index (χ0v) is 16.8. The van der Waals surface area contributed by atoms with Gasteiger partial charge in [0.25, 0.3) is 5.91 Å². The van der Waals surface area contributed by atoms with Crippen LogP contribution < -0.4 is 11.1 Å². The molecule has 3 rings (SSSR count). The molecule has 2 fully saturated rings. The molecule has 5 nitrogen and oxygen atoms in total. The van der Waals surface area contributed by atoms with Gasteiger partial charge in [-0.2, -0.15) is 0 Å². The van der Waals surface area contributed by atoms with Gasteiger partial charge in [-0.1, -0.05) is 18.0 Å². The molecule has 0 aliphatic heterocycles. The van der Waals surface area contributed by atoms with Gasteiger partial charge in [0, 0.05) is 31.7 Å². The lowest BCUT2D eigenvalue weighted by Crippen LogP contribution is -2.48. The van der Waals surface area contributed by atoms with Gasteiger partial charge in [-0.3, -0.25) is 9.59 Å². The fourth-order valence-corrected chi connectivity index (χ4v) is 4.52. The van der Waals surface area contributed by atoms with Crippen LogP contribution in [0.2, 0.25) is 5.02 Å². The second kappa shape index (κ2) is 8.59. The van der Waals surface area contributed by atoms with E-state index in [1.54, 1.807) is 32.3 Å². The van der Waals surface area contributed by atoms with Crippen molar-refractivity contribution in [2.75, 3.05) is 19.4 Å². The summed E-state index contributed by atoms with van der Waals surface area (Å²) in [6, 6.07) is 5.29. The first-order chi connectivity index (χ1) is 11.9. The van der Waals surface area contributed by atoms with Gasteiger partial charge in [0.05, 0.1) is 10.6 Å². The highest BCUT2D eigenvalue weighted by molar-refractivity contribution is 6.34. The van der Waals surface area contributed by atoms with E-state index in [0.717, 1.165) is 25.7 Å². The molecule has 2 bridgehead atoms. The third-order valence-corrected chi connectivity index (χ3v) is 5.97. The number of nitrogens with zero attached hydrogens (tertiary/aromatic N) is 1. The van der Waals surface area contributed by atoms with Crippen LogP contribution in [0.5, 0.6) is 0 Å². The second-order valence-corrected chi connectivity index (χ2v) is 7.99. The van der Waals surface area contributed by atoms with Gasteiger partial charge in [0.15, 0.2) is 0 Å². The van der Waals surface area contributed by atoms with E-state index < -0.39 is 0 Å². The Morgan fingerprint density at radius 1 is 1.19 bits per heavy atom. The fraction of sp³-hybridized carbons (Fsp3) is 0.579. The number of carbonyl (C=O) groups excluding carboxylic acids is 2. The van der Waals surface area contributed by atoms with Gasteiger partial charge in [-0.05, 0) is 55.7 Å². The normalized spacial score (nSPS) is 27.2. The minimum absolute atomic E-state index is 0. The van der Waals surface area contributed by atoms with Crippen molar-refractivity contribution in [3.63, 3.8) is 0 Å². The Morgan fingerprint density at radius 2 is 1.81 bits per heavy atom.